The van der Waals surface area contributed by atoms with E-state index >= 15 is 0 Å². The van der Waals surface area contributed by atoms with Gasteiger partial charge in [-0.2, -0.15) is 0 Å². The van der Waals surface area contributed by atoms with E-state index in [9.17, 15) is 0 Å². The monoisotopic (exact) mass is 192 g/mol. The van der Waals surface area contributed by atoms with Gasteiger partial charge in [0, 0.05) is 17.1 Å². The minimum atomic E-state index is -5.12. The van der Waals surface area contributed by atoms with E-state index < -0.39 is 13.4 Å². The molecule has 0 saturated heterocycles. The van der Waals surface area contributed by atoms with Gasteiger partial charge in [0.1, 0.15) is 0 Å². The maximum atomic E-state index is 8.80. The standard InChI is InChI=1S/Cu.Li.Mn.2H2O.2O.H/h;;;2*1H2;;;/q;;+2;;;;;/p-2. The molecule has 0 unspecified atom stereocenters. The summed E-state index contributed by atoms with van der Waals surface area (Å²) in [5, 5.41) is 0. The van der Waals surface area contributed by atoms with Crippen molar-refractivity contribution in [2.24, 2.45) is 0 Å². The molecule has 7 heavy (non-hydrogen) atoms. The first-order valence-electron chi connectivity index (χ1n) is 0.647. The van der Waals surface area contributed by atoms with Crippen LogP contribution < -0.4 is 0 Å². The predicted molar refractivity (Wildman–Crippen MR) is 13.0 cm³/mol. The molecule has 0 aromatic heterocycles. The molecule has 2 N–H and O–H groups in total. The summed E-state index contributed by atoms with van der Waals surface area (Å²) in [5.74, 6) is 0. The topological polar surface area (TPSA) is 74.6 Å². The van der Waals surface area contributed by atoms with Crippen molar-refractivity contribution in [3.63, 3.8) is 0 Å². The van der Waals surface area contributed by atoms with Crippen LogP contribution in [-0.2, 0) is 38.1 Å². The Kier molecular flexibility index (Phi) is 11.9. The van der Waals surface area contributed by atoms with E-state index in [1.54, 1.807) is 0 Å². The van der Waals surface area contributed by atoms with E-state index in [-0.39, 0.29) is 35.9 Å². The second kappa shape index (κ2) is 5.30. The molecule has 0 aromatic rings. The Hall–Kier alpha value is 1.16. The van der Waals surface area contributed by atoms with Gasteiger partial charge in [0.05, 0.1) is 0 Å². The molecule has 0 amide bonds. The van der Waals surface area contributed by atoms with Crippen LogP contribution in [0.3, 0.4) is 0 Å². The Labute approximate surface area is 65.2 Å². The quantitative estimate of drug-likeness (QED) is 0.435. The Morgan fingerprint density at radius 3 is 1.14 bits per heavy atom. The van der Waals surface area contributed by atoms with Crippen LogP contribution in [0.25, 0.3) is 0 Å². The van der Waals surface area contributed by atoms with Crippen molar-refractivity contribution in [2.45, 2.75) is 0 Å². The van der Waals surface area contributed by atoms with Gasteiger partial charge < -0.3 is 0 Å². The molecule has 0 aliphatic carbocycles. The van der Waals surface area contributed by atoms with Crippen molar-refractivity contribution < 1.29 is 46.5 Å². The van der Waals surface area contributed by atoms with E-state index in [2.05, 4.69) is 0 Å². The summed E-state index contributed by atoms with van der Waals surface area (Å²) in [7, 11) is 0. The van der Waals surface area contributed by atoms with E-state index in [1.807, 2.05) is 0 Å². The summed E-state index contributed by atoms with van der Waals surface area (Å²) in [6, 6.07) is 0. The fourth-order valence-corrected chi connectivity index (χ4v) is 0. The molecule has 0 aromatic carbocycles. The molecule has 0 aliphatic rings. The van der Waals surface area contributed by atoms with Gasteiger partial charge >= 0.3 is 48.3 Å². The summed E-state index contributed by atoms with van der Waals surface area (Å²) in [5.41, 5.74) is 0. The Balaban J connectivity index is -0.0000000800. The van der Waals surface area contributed by atoms with Gasteiger partial charge in [-0.15, -0.1) is 0 Å². The Morgan fingerprint density at radius 1 is 1.14 bits per heavy atom. The molecule has 7 heteroatoms. The fraction of sp³-hybridized carbons (Fsp3) is 0. The molecule has 0 saturated carbocycles. The van der Waals surface area contributed by atoms with Crippen molar-refractivity contribution >= 4 is 18.9 Å². The molecule has 0 heterocycles. The molecule has 0 fully saturated rings. The molecule has 0 rings (SSSR count). The third-order valence-electron chi connectivity index (χ3n) is 0. The van der Waals surface area contributed by atoms with Crippen molar-refractivity contribution in [2.75, 3.05) is 0 Å². The molecule has 0 atom stereocenters. The number of rotatable bonds is 0. The second-order valence-electron chi connectivity index (χ2n) is 0.415. The fourth-order valence-electron chi connectivity index (χ4n) is 0. The minimum absolute atomic E-state index is 0. The maximum absolute atomic E-state index is 8.80. The van der Waals surface area contributed by atoms with E-state index in [4.69, 9.17) is 16.0 Å². The molecule has 1 radical (unpaired) electrons. The summed E-state index contributed by atoms with van der Waals surface area (Å²) in [6.07, 6.45) is 0. The SMILES string of the molecule is [Cu].[LiH].[O]=[Mn](=[O])([OH])[OH]. The van der Waals surface area contributed by atoms with Gasteiger partial charge in [-0.05, 0) is 0 Å². The van der Waals surface area contributed by atoms with E-state index in [1.165, 1.54) is 0 Å². The predicted octanol–water partition coefficient (Wildman–Crippen LogP) is -2.01. The van der Waals surface area contributed by atoms with Crippen molar-refractivity contribution in [3.8, 4) is 0 Å². The average Bonchev–Trinajstić information content (AvgIpc) is 0.722. The van der Waals surface area contributed by atoms with Gasteiger partial charge in [0.2, 0.25) is 0 Å². The normalized spacial score (nSPS) is 8.29. The zero-order valence-electron chi connectivity index (χ0n) is 2.39. The van der Waals surface area contributed by atoms with Gasteiger partial charge in [0.25, 0.3) is 0 Å². The first-order chi connectivity index (χ1) is 2.00. The van der Waals surface area contributed by atoms with Crippen molar-refractivity contribution in [1.82, 2.24) is 0 Å². The third kappa shape index (κ3) is 142. The molecule has 46 valence electrons. The molecule has 0 bridgehead atoms. The van der Waals surface area contributed by atoms with E-state index in [0.717, 1.165) is 0 Å². The van der Waals surface area contributed by atoms with Crippen LogP contribution in [0.5, 0.6) is 0 Å². The Bertz CT molecular complexity index is 94.9. The average molecular weight is 192 g/mol. The molecule has 0 aliphatic heterocycles. The van der Waals surface area contributed by atoms with Crippen LogP contribution in [-0.4, -0.2) is 27.2 Å². The summed E-state index contributed by atoms with van der Waals surface area (Å²) < 4.78 is 31.8. The van der Waals surface area contributed by atoms with Gasteiger partial charge in [-0.3, -0.25) is 0 Å². The van der Waals surface area contributed by atoms with Gasteiger partial charge in [-0.1, -0.05) is 0 Å². The first kappa shape index (κ1) is 15.7. The number of hydrogen-bond acceptors (Lipinski definition) is 2. The molecular formula is H3CuLiMnO4. The van der Waals surface area contributed by atoms with Crippen LogP contribution in [0.1, 0.15) is 0 Å². The van der Waals surface area contributed by atoms with Crippen LogP contribution in [0.2, 0.25) is 0 Å². The van der Waals surface area contributed by atoms with Crippen LogP contribution in [0, 0.1) is 0 Å². The number of hydrogen-bond donors (Lipinski definition) is 2. The van der Waals surface area contributed by atoms with Crippen molar-refractivity contribution in [3.05, 3.63) is 0 Å². The van der Waals surface area contributed by atoms with Gasteiger partial charge in [0.15, 0.2) is 0 Å². The Morgan fingerprint density at radius 2 is 1.14 bits per heavy atom. The summed E-state index contributed by atoms with van der Waals surface area (Å²) in [6.45, 7) is 0. The molecular weight excluding hydrogens is 189 g/mol. The van der Waals surface area contributed by atoms with Crippen LogP contribution in [0.4, 0.5) is 0 Å². The van der Waals surface area contributed by atoms with Crippen LogP contribution in [0.15, 0.2) is 0 Å². The van der Waals surface area contributed by atoms with E-state index in [0.29, 0.717) is 0 Å². The van der Waals surface area contributed by atoms with Crippen LogP contribution >= 0.6 is 0 Å². The molecule has 0 spiro atoms. The first-order valence-corrected chi connectivity index (χ1v) is 2.67. The second-order valence-corrected chi connectivity index (χ2v) is 1.71. The summed E-state index contributed by atoms with van der Waals surface area (Å²) in [4.78, 5) is 0. The summed E-state index contributed by atoms with van der Waals surface area (Å²) >= 11 is -5.12. The zero-order valence-corrected chi connectivity index (χ0v) is 4.51. The zero-order chi connectivity index (χ0) is 4.50. The molecule has 4 nitrogen and oxygen atoms in total. The van der Waals surface area contributed by atoms with Gasteiger partial charge in [-0.25, -0.2) is 0 Å². The third-order valence-corrected chi connectivity index (χ3v) is 0. The van der Waals surface area contributed by atoms with Crippen molar-refractivity contribution in [1.29, 1.82) is 0 Å².